The highest BCUT2D eigenvalue weighted by molar-refractivity contribution is 6.06. The second kappa shape index (κ2) is 8.51. The maximum atomic E-state index is 13.6. The van der Waals surface area contributed by atoms with Crippen LogP contribution in [0, 0.1) is 5.82 Å². The second-order valence-electron chi connectivity index (χ2n) is 8.68. The fourth-order valence-corrected chi connectivity index (χ4v) is 4.37. The molecule has 0 aliphatic carbocycles. The van der Waals surface area contributed by atoms with Gasteiger partial charge in [-0.2, -0.15) is 0 Å². The quantitative estimate of drug-likeness (QED) is 0.407. The van der Waals surface area contributed by atoms with Gasteiger partial charge in [0.2, 0.25) is 0 Å². The molecule has 1 aliphatic rings. The fraction of sp³-hybridized carbons (Fsp3) is 0.240. The van der Waals surface area contributed by atoms with Crippen molar-refractivity contribution in [3.05, 3.63) is 77.0 Å². The first-order valence-corrected chi connectivity index (χ1v) is 11.0. The third kappa shape index (κ3) is 3.89. The molecule has 8 nitrogen and oxygen atoms in total. The van der Waals surface area contributed by atoms with E-state index in [1.807, 2.05) is 37.2 Å². The number of fused-ring (bicyclic) bond motifs is 2. The van der Waals surface area contributed by atoms with Gasteiger partial charge in [-0.1, -0.05) is 12.1 Å². The normalized spacial score (nSPS) is 13.9. The Morgan fingerprint density at radius 3 is 2.85 bits per heavy atom. The number of nitrogens with one attached hydrogen (secondary N) is 2. The Hall–Kier alpha value is -3.82. The van der Waals surface area contributed by atoms with Crippen molar-refractivity contribution < 1.29 is 14.3 Å². The number of nitrogens with zero attached hydrogens (tertiary/aromatic N) is 4. The highest BCUT2D eigenvalue weighted by Gasteiger charge is 2.27. The summed E-state index contributed by atoms with van der Waals surface area (Å²) in [7, 11) is 3.89. The third-order valence-corrected chi connectivity index (χ3v) is 5.91. The fourth-order valence-electron chi connectivity index (χ4n) is 4.37. The number of aliphatic hydroxyl groups is 1. The number of pyridine rings is 2. The Bertz CT molecular complexity index is 1410. The Labute approximate surface area is 196 Å². The minimum atomic E-state index is -0.634. The molecule has 0 unspecified atom stereocenters. The van der Waals surface area contributed by atoms with Crippen molar-refractivity contribution in [3.8, 4) is 11.3 Å². The summed E-state index contributed by atoms with van der Waals surface area (Å²) in [4.78, 5) is 23.8. The smallest absolute Gasteiger partial charge is 0.254 e. The number of hydrogen-bond donors (Lipinski definition) is 3. The standard InChI is InChI=1S/C25H25FN6O2/c1-14(33)16-5-7-22(30-20(16)13-31(2)3)29-19-6-4-17(18-11-28-25(34)24(18)19)21-12-27-23-10-15(26)8-9-32(21)23/h4-10,12,14,33H,11,13H2,1-3H3,(H,28,34)(H,29,30)/t14-/m0/s1. The van der Waals surface area contributed by atoms with E-state index in [4.69, 9.17) is 4.98 Å². The number of benzene rings is 1. The molecule has 1 aliphatic heterocycles. The average Bonchev–Trinajstić information content (AvgIpc) is 3.37. The zero-order valence-electron chi connectivity index (χ0n) is 19.1. The van der Waals surface area contributed by atoms with E-state index in [9.17, 15) is 14.3 Å². The first-order valence-electron chi connectivity index (χ1n) is 11.0. The van der Waals surface area contributed by atoms with E-state index in [0.29, 0.717) is 35.8 Å². The van der Waals surface area contributed by atoms with Gasteiger partial charge < -0.3 is 20.6 Å². The van der Waals surface area contributed by atoms with Gasteiger partial charge in [-0.3, -0.25) is 9.20 Å². The lowest BCUT2D eigenvalue weighted by Crippen LogP contribution is -2.16. The van der Waals surface area contributed by atoms with Crippen molar-refractivity contribution in [2.45, 2.75) is 26.1 Å². The lowest BCUT2D eigenvalue weighted by molar-refractivity contribution is 0.0966. The van der Waals surface area contributed by atoms with Crippen molar-refractivity contribution in [2.75, 3.05) is 19.4 Å². The molecule has 5 rings (SSSR count). The molecule has 0 radical (unpaired) electrons. The monoisotopic (exact) mass is 460 g/mol. The number of aliphatic hydroxyl groups excluding tert-OH is 1. The molecular weight excluding hydrogens is 435 g/mol. The molecule has 9 heteroatoms. The van der Waals surface area contributed by atoms with Gasteiger partial charge >= 0.3 is 0 Å². The molecule has 3 N–H and O–H groups in total. The lowest BCUT2D eigenvalue weighted by Gasteiger charge is -2.18. The number of carbonyl (C=O) groups excluding carboxylic acids is 1. The van der Waals surface area contributed by atoms with Gasteiger partial charge in [0.1, 0.15) is 17.3 Å². The minimum absolute atomic E-state index is 0.173. The summed E-state index contributed by atoms with van der Waals surface area (Å²) in [6.45, 7) is 2.67. The molecule has 0 saturated heterocycles. The highest BCUT2D eigenvalue weighted by atomic mass is 19.1. The van der Waals surface area contributed by atoms with Crippen LogP contribution in [-0.4, -0.2) is 44.4 Å². The zero-order chi connectivity index (χ0) is 24.0. The number of amides is 1. The van der Waals surface area contributed by atoms with Crippen LogP contribution in [0.2, 0.25) is 0 Å². The number of anilines is 2. The van der Waals surface area contributed by atoms with Crippen LogP contribution in [0.25, 0.3) is 16.9 Å². The summed E-state index contributed by atoms with van der Waals surface area (Å²) in [5.74, 6) is 0.0588. The van der Waals surface area contributed by atoms with E-state index in [0.717, 1.165) is 28.1 Å². The molecule has 0 bridgehead atoms. The summed E-state index contributed by atoms with van der Waals surface area (Å²) in [5.41, 5.74) is 5.69. The van der Waals surface area contributed by atoms with Crippen LogP contribution in [0.4, 0.5) is 15.9 Å². The third-order valence-electron chi connectivity index (χ3n) is 5.91. The Morgan fingerprint density at radius 2 is 2.09 bits per heavy atom. The molecule has 1 aromatic carbocycles. The molecule has 0 fully saturated rings. The minimum Gasteiger partial charge on any atom is -0.389 e. The molecule has 4 aromatic rings. The van der Waals surface area contributed by atoms with Crippen LogP contribution in [0.1, 0.15) is 40.2 Å². The summed E-state index contributed by atoms with van der Waals surface area (Å²) < 4.78 is 15.4. The van der Waals surface area contributed by atoms with E-state index in [2.05, 4.69) is 15.6 Å². The van der Waals surface area contributed by atoms with Crippen molar-refractivity contribution in [1.29, 1.82) is 0 Å². The van der Waals surface area contributed by atoms with Crippen molar-refractivity contribution >= 4 is 23.1 Å². The highest BCUT2D eigenvalue weighted by Crippen LogP contribution is 2.35. The van der Waals surface area contributed by atoms with Gasteiger partial charge in [0.25, 0.3) is 5.91 Å². The summed E-state index contributed by atoms with van der Waals surface area (Å²) in [5, 5.41) is 16.3. The summed E-state index contributed by atoms with van der Waals surface area (Å²) in [6, 6.07) is 10.2. The number of imidazole rings is 1. The van der Waals surface area contributed by atoms with Crippen LogP contribution in [-0.2, 0) is 13.1 Å². The van der Waals surface area contributed by atoms with Crippen molar-refractivity contribution in [3.63, 3.8) is 0 Å². The molecular formula is C25H25FN6O2. The van der Waals surface area contributed by atoms with Crippen molar-refractivity contribution in [2.24, 2.45) is 0 Å². The first kappa shape index (κ1) is 22.0. The van der Waals surface area contributed by atoms with Gasteiger partial charge in [-0.05, 0) is 44.8 Å². The van der Waals surface area contributed by atoms with Crippen LogP contribution < -0.4 is 10.6 Å². The van der Waals surface area contributed by atoms with Gasteiger partial charge in [-0.25, -0.2) is 14.4 Å². The molecule has 3 aromatic heterocycles. The Morgan fingerprint density at radius 1 is 1.26 bits per heavy atom. The van der Waals surface area contributed by atoms with Crippen LogP contribution in [0.3, 0.4) is 0 Å². The number of carbonyl (C=O) groups is 1. The molecule has 1 atom stereocenters. The second-order valence-corrected chi connectivity index (χ2v) is 8.68. The molecule has 174 valence electrons. The summed E-state index contributed by atoms with van der Waals surface area (Å²) >= 11 is 0. The Kier molecular flexibility index (Phi) is 5.51. The Balaban J connectivity index is 1.56. The van der Waals surface area contributed by atoms with E-state index in [1.165, 1.54) is 12.1 Å². The maximum Gasteiger partial charge on any atom is 0.254 e. The number of halogens is 1. The largest absolute Gasteiger partial charge is 0.389 e. The van der Waals surface area contributed by atoms with Crippen LogP contribution in [0.15, 0.2) is 48.8 Å². The predicted octanol–water partition coefficient (Wildman–Crippen LogP) is 3.64. The van der Waals surface area contributed by atoms with E-state index >= 15 is 0 Å². The SMILES string of the molecule is C[C@H](O)c1ccc(Nc2ccc(-c3cnc4cc(F)ccn34)c3c2C(=O)NC3)nc1CN(C)C. The number of rotatable bonds is 6. The van der Waals surface area contributed by atoms with Crippen LogP contribution in [0.5, 0.6) is 0 Å². The topological polar surface area (TPSA) is 94.8 Å². The number of aromatic nitrogens is 3. The van der Waals surface area contributed by atoms with Gasteiger partial charge in [0, 0.05) is 36.5 Å². The van der Waals surface area contributed by atoms with E-state index < -0.39 is 6.10 Å². The van der Waals surface area contributed by atoms with Crippen LogP contribution >= 0.6 is 0 Å². The van der Waals surface area contributed by atoms with Crippen molar-refractivity contribution in [1.82, 2.24) is 24.6 Å². The molecule has 0 spiro atoms. The van der Waals surface area contributed by atoms with E-state index in [1.54, 1.807) is 29.8 Å². The molecule has 0 saturated carbocycles. The van der Waals surface area contributed by atoms with Gasteiger partial charge in [0.05, 0.1) is 34.9 Å². The van der Waals surface area contributed by atoms with E-state index in [-0.39, 0.29) is 11.7 Å². The van der Waals surface area contributed by atoms with Gasteiger partial charge in [-0.15, -0.1) is 0 Å². The molecule has 34 heavy (non-hydrogen) atoms. The first-order chi connectivity index (χ1) is 16.3. The molecule has 1 amide bonds. The van der Waals surface area contributed by atoms with Gasteiger partial charge in [0.15, 0.2) is 0 Å². The number of hydrogen-bond acceptors (Lipinski definition) is 6. The summed E-state index contributed by atoms with van der Waals surface area (Å²) in [6.07, 6.45) is 2.68. The lowest BCUT2D eigenvalue weighted by atomic mass is 9.99. The molecule has 4 heterocycles. The predicted molar refractivity (Wildman–Crippen MR) is 127 cm³/mol. The average molecular weight is 461 g/mol. The zero-order valence-corrected chi connectivity index (χ0v) is 19.1. The maximum absolute atomic E-state index is 13.6.